The van der Waals surface area contributed by atoms with Gasteiger partial charge in [-0.05, 0) is 29.0 Å². The molecule has 1 aromatic rings. The van der Waals surface area contributed by atoms with Gasteiger partial charge in [-0.2, -0.15) is 0 Å². The van der Waals surface area contributed by atoms with E-state index < -0.39 is 16.9 Å². The topological polar surface area (TPSA) is 34.1 Å². The van der Waals surface area contributed by atoms with Crippen molar-refractivity contribution >= 4 is 27.7 Å². The van der Waals surface area contributed by atoms with Crippen LogP contribution in [0.1, 0.15) is 0 Å². The molecule has 0 spiro atoms. The summed E-state index contributed by atoms with van der Waals surface area (Å²) in [5.41, 5.74) is 0. The van der Waals surface area contributed by atoms with Crippen LogP contribution >= 0.6 is 10.8 Å². The largest absolute Gasteiger partial charge is 0.229 e. The highest BCUT2D eigenvalue weighted by atomic mass is 33.1. The highest BCUT2D eigenvalue weighted by Crippen LogP contribution is 2.25. The summed E-state index contributed by atoms with van der Waals surface area (Å²) in [5, 5.41) is 0. The van der Waals surface area contributed by atoms with Gasteiger partial charge in [0.2, 0.25) is 8.87 Å². The quantitative estimate of drug-likeness (QED) is 0.609. The first-order valence-electron chi connectivity index (χ1n) is 5.26. The number of rotatable bonds is 5. The highest BCUT2D eigenvalue weighted by molar-refractivity contribution is 8.72. The van der Waals surface area contributed by atoms with E-state index in [2.05, 4.69) is 19.6 Å². The molecule has 16 heavy (non-hydrogen) atoms. The second-order valence-corrected chi connectivity index (χ2v) is 14.6. The molecule has 1 rings (SSSR count). The molecule has 0 aliphatic rings. The molecule has 0 amide bonds. The van der Waals surface area contributed by atoms with Crippen LogP contribution in [-0.2, 0) is 8.87 Å². The first kappa shape index (κ1) is 13.8. The minimum absolute atomic E-state index is 0.413. The molecule has 0 bridgehead atoms. The maximum atomic E-state index is 11.9. The summed E-state index contributed by atoms with van der Waals surface area (Å²) < 4.78 is 23.8. The Hall–Kier alpha value is -0.263. The van der Waals surface area contributed by atoms with E-state index in [4.69, 9.17) is 0 Å². The SMILES string of the molecule is C[Si](C)(C)CCSS(=O)(=O)c1ccccc1. The number of benzene rings is 1. The zero-order chi connectivity index (χ0) is 12.2. The van der Waals surface area contributed by atoms with Crippen LogP contribution < -0.4 is 0 Å². The fourth-order valence-electron chi connectivity index (χ4n) is 1.11. The van der Waals surface area contributed by atoms with E-state index in [0.29, 0.717) is 10.6 Å². The van der Waals surface area contributed by atoms with Gasteiger partial charge < -0.3 is 0 Å². The maximum Gasteiger partial charge on any atom is 0.229 e. The molecule has 0 atom stereocenters. The summed E-state index contributed by atoms with van der Waals surface area (Å²) in [7, 11) is -3.22. The second kappa shape index (κ2) is 5.38. The molecule has 0 saturated carbocycles. The van der Waals surface area contributed by atoms with Gasteiger partial charge in [0.25, 0.3) is 0 Å². The lowest BCUT2D eigenvalue weighted by atomic mass is 10.4. The van der Waals surface area contributed by atoms with Crippen molar-refractivity contribution < 1.29 is 8.42 Å². The second-order valence-electron chi connectivity index (χ2n) is 4.90. The maximum absolute atomic E-state index is 11.9. The van der Waals surface area contributed by atoms with Gasteiger partial charge >= 0.3 is 0 Å². The van der Waals surface area contributed by atoms with Gasteiger partial charge in [0.15, 0.2) is 0 Å². The average molecular weight is 274 g/mol. The summed E-state index contributed by atoms with van der Waals surface area (Å²) in [4.78, 5) is 0.413. The summed E-state index contributed by atoms with van der Waals surface area (Å²) in [6.45, 7) is 6.76. The van der Waals surface area contributed by atoms with E-state index in [1.807, 2.05) is 6.07 Å². The molecule has 0 heterocycles. The van der Waals surface area contributed by atoms with Crippen molar-refractivity contribution in [1.82, 2.24) is 0 Å². The summed E-state index contributed by atoms with van der Waals surface area (Å²) in [6.07, 6.45) is 0. The molecular weight excluding hydrogens is 256 g/mol. The van der Waals surface area contributed by atoms with Crippen LogP contribution in [0.4, 0.5) is 0 Å². The van der Waals surface area contributed by atoms with Gasteiger partial charge in [-0.15, -0.1) is 0 Å². The molecular formula is C11H18O2S2Si. The summed E-state index contributed by atoms with van der Waals surface area (Å²) in [5.74, 6) is 0.701. The molecule has 0 N–H and O–H groups in total. The molecule has 0 fully saturated rings. The lowest BCUT2D eigenvalue weighted by Crippen LogP contribution is -2.20. The monoisotopic (exact) mass is 274 g/mol. The van der Waals surface area contributed by atoms with E-state index in [0.717, 1.165) is 16.8 Å². The van der Waals surface area contributed by atoms with E-state index in [9.17, 15) is 8.42 Å². The Bertz CT molecular complexity index is 421. The Labute approximate surface area is 103 Å². The summed E-state index contributed by atoms with van der Waals surface area (Å²) >= 11 is 0. The Morgan fingerprint density at radius 1 is 1.12 bits per heavy atom. The molecule has 2 nitrogen and oxygen atoms in total. The molecule has 90 valence electrons. The predicted molar refractivity (Wildman–Crippen MR) is 74.2 cm³/mol. The smallest absolute Gasteiger partial charge is 0.212 e. The van der Waals surface area contributed by atoms with Crippen molar-refractivity contribution in [1.29, 1.82) is 0 Å². The van der Waals surface area contributed by atoms with Crippen molar-refractivity contribution in [2.45, 2.75) is 30.6 Å². The third kappa shape index (κ3) is 4.72. The van der Waals surface area contributed by atoms with Crippen molar-refractivity contribution in [2.24, 2.45) is 0 Å². The van der Waals surface area contributed by atoms with E-state index in [1.54, 1.807) is 24.3 Å². The molecule has 0 saturated heterocycles. The molecule has 0 aliphatic heterocycles. The van der Waals surface area contributed by atoms with Crippen molar-refractivity contribution in [2.75, 3.05) is 5.75 Å². The molecule has 0 aromatic heterocycles. The van der Waals surface area contributed by atoms with Gasteiger partial charge in [0, 0.05) is 13.8 Å². The van der Waals surface area contributed by atoms with Crippen LogP contribution in [0.5, 0.6) is 0 Å². The first-order valence-corrected chi connectivity index (χ1v) is 11.9. The minimum Gasteiger partial charge on any atom is -0.212 e. The van der Waals surface area contributed by atoms with Crippen molar-refractivity contribution in [3.63, 3.8) is 0 Å². The molecule has 0 aliphatic carbocycles. The Kier molecular flexibility index (Phi) is 4.64. The molecule has 0 unspecified atom stereocenters. The lowest BCUT2D eigenvalue weighted by molar-refractivity contribution is 0.610. The van der Waals surface area contributed by atoms with Crippen molar-refractivity contribution in [3.05, 3.63) is 30.3 Å². The van der Waals surface area contributed by atoms with Gasteiger partial charge in [-0.3, -0.25) is 0 Å². The zero-order valence-corrected chi connectivity index (χ0v) is 12.6. The van der Waals surface area contributed by atoms with Gasteiger partial charge in [-0.25, -0.2) is 8.42 Å². The Morgan fingerprint density at radius 2 is 1.69 bits per heavy atom. The van der Waals surface area contributed by atoms with Crippen LogP contribution in [0.15, 0.2) is 35.2 Å². The molecule has 5 heteroatoms. The molecule has 0 radical (unpaired) electrons. The van der Waals surface area contributed by atoms with Crippen molar-refractivity contribution in [3.8, 4) is 0 Å². The third-order valence-electron chi connectivity index (χ3n) is 2.12. The average Bonchev–Trinajstić information content (AvgIpc) is 2.17. The van der Waals surface area contributed by atoms with Gasteiger partial charge in [0.05, 0.1) is 4.90 Å². The fourth-order valence-corrected chi connectivity index (χ4v) is 6.89. The normalized spacial score (nSPS) is 12.7. The van der Waals surface area contributed by atoms with Gasteiger partial charge in [0.1, 0.15) is 0 Å². The highest BCUT2D eigenvalue weighted by Gasteiger charge is 2.18. The minimum atomic E-state index is -3.14. The first-order chi connectivity index (χ1) is 7.31. The van der Waals surface area contributed by atoms with Crippen LogP contribution in [-0.4, -0.2) is 22.2 Å². The zero-order valence-electron chi connectivity index (χ0n) is 9.93. The van der Waals surface area contributed by atoms with Crippen LogP contribution in [0.25, 0.3) is 0 Å². The van der Waals surface area contributed by atoms with Crippen LogP contribution in [0.3, 0.4) is 0 Å². The summed E-state index contributed by atoms with van der Waals surface area (Å²) in [6, 6.07) is 9.67. The predicted octanol–water partition coefficient (Wildman–Crippen LogP) is 3.45. The van der Waals surface area contributed by atoms with E-state index in [-0.39, 0.29) is 0 Å². The lowest BCUT2D eigenvalue weighted by Gasteiger charge is -2.14. The van der Waals surface area contributed by atoms with Gasteiger partial charge in [-0.1, -0.05) is 37.8 Å². The standard InChI is InChI=1S/C11H18O2S2Si/c1-16(2,3)10-9-14-15(12,13)11-7-5-4-6-8-11/h4-8H,9-10H2,1-3H3. The third-order valence-corrected chi connectivity index (χ3v) is 7.77. The Balaban J connectivity index is 2.61. The number of hydrogen-bond donors (Lipinski definition) is 0. The number of hydrogen-bond acceptors (Lipinski definition) is 3. The van der Waals surface area contributed by atoms with E-state index >= 15 is 0 Å². The van der Waals surface area contributed by atoms with E-state index in [1.165, 1.54) is 0 Å². The molecule has 1 aromatic carbocycles. The van der Waals surface area contributed by atoms with Crippen LogP contribution in [0.2, 0.25) is 25.7 Å². The van der Waals surface area contributed by atoms with Crippen LogP contribution in [0, 0.1) is 0 Å². The Morgan fingerprint density at radius 3 is 2.19 bits per heavy atom. The fraction of sp³-hybridized carbons (Fsp3) is 0.455.